The normalized spacial score (nSPS) is 28.3. The number of hydrogen-bond acceptors (Lipinski definition) is 4. The molecule has 2 aliphatic carbocycles. The van der Waals surface area contributed by atoms with Crippen LogP contribution in [-0.2, 0) is 4.79 Å². The van der Waals surface area contributed by atoms with Crippen LogP contribution in [0.1, 0.15) is 114 Å². The van der Waals surface area contributed by atoms with Crippen molar-refractivity contribution in [1.29, 1.82) is 0 Å². The van der Waals surface area contributed by atoms with Crippen molar-refractivity contribution in [2.75, 3.05) is 11.9 Å². The van der Waals surface area contributed by atoms with Gasteiger partial charge in [0.2, 0.25) is 0 Å². The number of rotatable bonds is 3. The van der Waals surface area contributed by atoms with Crippen molar-refractivity contribution >= 4 is 34.6 Å². The van der Waals surface area contributed by atoms with E-state index in [2.05, 4.69) is 62.8 Å². The van der Waals surface area contributed by atoms with E-state index in [4.69, 9.17) is 4.99 Å². The molecule has 1 aromatic carbocycles. The Morgan fingerprint density at radius 2 is 1.69 bits per heavy atom. The highest BCUT2D eigenvalue weighted by Crippen LogP contribution is 2.45. The average molecular weight is 494 g/mol. The third kappa shape index (κ3) is 4.95. The molecular weight excluding hydrogens is 450 g/mol. The van der Waals surface area contributed by atoms with Gasteiger partial charge in [-0.2, -0.15) is 0 Å². The second-order valence-electron chi connectivity index (χ2n) is 12.0. The molecule has 35 heavy (non-hydrogen) atoms. The average Bonchev–Trinajstić information content (AvgIpc) is 3.14. The Labute approximate surface area is 216 Å². The van der Waals surface area contributed by atoms with Crippen LogP contribution in [0.25, 0.3) is 6.08 Å². The molecule has 190 valence electrons. The zero-order valence-electron chi connectivity index (χ0n) is 22.4. The Bertz CT molecular complexity index is 1030. The van der Waals surface area contributed by atoms with E-state index in [1.54, 1.807) is 11.8 Å². The largest absolute Gasteiger partial charge is 0.369 e. The lowest BCUT2D eigenvalue weighted by Crippen LogP contribution is -2.45. The molecular formula is C30H43N3OS. The lowest BCUT2D eigenvalue weighted by Gasteiger charge is -2.45. The summed E-state index contributed by atoms with van der Waals surface area (Å²) in [6, 6.07) is 5.38. The first kappa shape index (κ1) is 24.9. The summed E-state index contributed by atoms with van der Waals surface area (Å²) < 4.78 is 0. The minimum Gasteiger partial charge on any atom is -0.369 e. The third-order valence-corrected chi connectivity index (χ3v) is 9.95. The van der Waals surface area contributed by atoms with E-state index in [0.717, 1.165) is 29.3 Å². The molecule has 1 saturated heterocycles. The maximum atomic E-state index is 13.8. The summed E-state index contributed by atoms with van der Waals surface area (Å²) in [6.07, 6.45) is 15.5. The molecule has 1 amide bonds. The second kappa shape index (κ2) is 9.95. The fourth-order valence-corrected chi connectivity index (χ4v) is 7.74. The Balaban J connectivity index is 1.49. The number of benzene rings is 1. The number of aliphatic imine (C=N–C) groups is 1. The third-order valence-electron chi connectivity index (χ3n) is 8.95. The molecule has 1 atom stereocenters. The molecule has 3 fully saturated rings. The minimum absolute atomic E-state index is 0.154. The van der Waals surface area contributed by atoms with E-state index >= 15 is 0 Å². The summed E-state index contributed by atoms with van der Waals surface area (Å²) >= 11 is 1.63. The molecule has 4 aliphatic rings. The van der Waals surface area contributed by atoms with Crippen LogP contribution in [0, 0.1) is 6.92 Å². The molecule has 0 bridgehead atoms. The molecule has 5 heteroatoms. The van der Waals surface area contributed by atoms with Crippen molar-refractivity contribution in [2.24, 2.45) is 4.99 Å². The van der Waals surface area contributed by atoms with Gasteiger partial charge in [-0.15, -0.1) is 0 Å². The van der Waals surface area contributed by atoms with Crippen LogP contribution in [0.2, 0.25) is 0 Å². The summed E-state index contributed by atoms with van der Waals surface area (Å²) in [5.41, 5.74) is 5.31. The van der Waals surface area contributed by atoms with Crippen LogP contribution in [0.15, 0.2) is 22.0 Å². The summed E-state index contributed by atoms with van der Waals surface area (Å²) in [7, 11) is 2.22. The fourth-order valence-electron chi connectivity index (χ4n) is 6.64. The van der Waals surface area contributed by atoms with Crippen molar-refractivity contribution in [1.82, 2.24) is 4.90 Å². The number of aryl methyl sites for hydroxylation is 1. The van der Waals surface area contributed by atoms with Gasteiger partial charge < -0.3 is 4.90 Å². The molecule has 0 N–H and O–H groups in total. The van der Waals surface area contributed by atoms with Gasteiger partial charge in [0.1, 0.15) is 0 Å². The van der Waals surface area contributed by atoms with Gasteiger partial charge >= 0.3 is 0 Å². The number of thioether (sulfide) groups is 1. The highest BCUT2D eigenvalue weighted by Gasteiger charge is 2.39. The van der Waals surface area contributed by atoms with Gasteiger partial charge in [-0.3, -0.25) is 14.7 Å². The Morgan fingerprint density at radius 3 is 2.37 bits per heavy atom. The molecule has 0 spiro atoms. The SMILES string of the molecule is Cc1cc2c(cc1/C=C1/SC(=NC3CCCCC3)N(C3CCCCC3)C1=O)C(C)CC(C)(C)N2C. The number of nitrogens with zero attached hydrogens (tertiary/aromatic N) is 3. The lowest BCUT2D eigenvalue weighted by molar-refractivity contribution is -0.124. The zero-order valence-corrected chi connectivity index (χ0v) is 23.2. The molecule has 2 heterocycles. The van der Waals surface area contributed by atoms with Gasteiger partial charge in [-0.1, -0.05) is 45.4 Å². The van der Waals surface area contributed by atoms with Crippen molar-refractivity contribution < 1.29 is 4.79 Å². The van der Waals surface area contributed by atoms with Gasteiger partial charge in [-0.05, 0) is 105 Å². The second-order valence-corrected chi connectivity index (χ2v) is 13.0. The molecule has 1 aromatic rings. The molecule has 4 nitrogen and oxygen atoms in total. The van der Waals surface area contributed by atoms with E-state index in [1.165, 1.54) is 73.7 Å². The smallest absolute Gasteiger partial charge is 0.266 e. The van der Waals surface area contributed by atoms with Crippen molar-refractivity contribution in [3.8, 4) is 0 Å². The van der Waals surface area contributed by atoms with Gasteiger partial charge in [0.05, 0.1) is 10.9 Å². The monoisotopic (exact) mass is 493 g/mol. The number of carbonyl (C=O) groups is 1. The summed E-state index contributed by atoms with van der Waals surface area (Å²) in [5, 5.41) is 0.977. The van der Waals surface area contributed by atoms with Crippen LogP contribution in [0.3, 0.4) is 0 Å². The number of carbonyl (C=O) groups excluding carboxylic acids is 1. The van der Waals surface area contributed by atoms with Gasteiger partial charge in [0.15, 0.2) is 5.17 Å². The molecule has 0 aromatic heterocycles. The topological polar surface area (TPSA) is 35.9 Å². The van der Waals surface area contributed by atoms with Crippen LogP contribution in [0.5, 0.6) is 0 Å². The van der Waals surface area contributed by atoms with Crippen LogP contribution in [0.4, 0.5) is 5.69 Å². The first-order chi connectivity index (χ1) is 16.7. The van der Waals surface area contributed by atoms with E-state index in [-0.39, 0.29) is 11.4 Å². The maximum Gasteiger partial charge on any atom is 0.266 e. The first-order valence-electron chi connectivity index (χ1n) is 13.9. The predicted octanol–water partition coefficient (Wildman–Crippen LogP) is 7.65. The summed E-state index contributed by atoms with van der Waals surface area (Å²) in [4.78, 5) is 24.4. The minimum atomic E-state index is 0.154. The molecule has 1 unspecified atom stereocenters. The zero-order chi connectivity index (χ0) is 24.7. The quantitative estimate of drug-likeness (QED) is 0.406. The van der Waals surface area contributed by atoms with Gasteiger partial charge in [0, 0.05) is 24.3 Å². The molecule has 0 radical (unpaired) electrons. The molecule has 5 rings (SSSR count). The number of hydrogen-bond donors (Lipinski definition) is 0. The highest BCUT2D eigenvalue weighted by molar-refractivity contribution is 8.18. The van der Waals surface area contributed by atoms with Crippen molar-refractivity contribution in [2.45, 2.75) is 122 Å². The first-order valence-corrected chi connectivity index (χ1v) is 14.8. The van der Waals surface area contributed by atoms with Crippen molar-refractivity contribution in [3.63, 3.8) is 0 Å². The van der Waals surface area contributed by atoms with Crippen LogP contribution in [-0.4, -0.2) is 40.6 Å². The maximum absolute atomic E-state index is 13.8. The summed E-state index contributed by atoms with van der Waals surface area (Å²) in [6.45, 7) is 9.19. The fraction of sp³-hybridized carbons (Fsp3) is 0.667. The van der Waals surface area contributed by atoms with E-state index < -0.39 is 0 Å². The Kier molecular flexibility index (Phi) is 7.09. The Morgan fingerprint density at radius 1 is 1.03 bits per heavy atom. The van der Waals surface area contributed by atoms with E-state index in [0.29, 0.717) is 18.0 Å². The van der Waals surface area contributed by atoms with Gasteiger partial charge in [0.25, 0.3) is 5.91 Å². The number of fused-ring (bicyclic) bond motifs is 1. The van der Waals surface area contributed by atoms with Crippen molar-refractivity contribution in [3.05, 3.63) is 33.7 Å². The molecule has 2 saturated carbocycles. The highest BCUT2D eigenvalue weighted by atomic mass is 32.2. The van der Waals surface area contributed by atoms with E-state index in [1.807, 2.05) is 0 Å². The number of amidine groups is 1. The van der Waals surface area contributed by atoms with Crippen LogP contribution >= 0.6 is 11.8 Å². The van der Waals surface area contributed by atoms with Crippen LogP contribution < -0.4 is 4.90 Å². The lowest BCUT2D eigenvalue weighted by atomic mass is 9.79. The number of anilines is 1. The summed E-state index contributed by atoms with van der Waals surface area (Å²) in [5.74, 6) is 0.683. The standard InChI is InChI=1S/C30H43N3OS/c1-20-16-26-25(21(2)19-30(3,4)32(26)5)17-22(20)18-27-28(34)33(24-14-10-7-11-15-24)29(35-27)31-23-12-8-6-9-13-23/h16-18,21,23-24H,6-15,19H2,1-5H3/b27-18+,31-29?. The number of amides is 1. The Hall–Kier alpha value is -1.75. The van der Waals surface area contributed by atoms with E-state index in [9.17, 15) is 4.79 Å². The predicted molar refractivity (Wildman–Crippen MR) is 150 cm³/mol. The molecule has 2 aliphatic heterocycles. The van der Waals surface area contributed by atoms with Gasteiger partial charge in [-0.25, -0.2) is 0 Å².